The van der Waals surface area contributed by atoms with Gasteiger partial charge in [0.15, 0.2) is 5.96 Å². The highest BCUT2D eigenvalue weighted by molar-refractivity contribution is 5.78. The van der Waals surface area contributed by atoms with Crippen LogP contribution >= 0.6 is 0 Å². The molecular weight excluding hydrogens is 174 g/mol. The maximum Gasteiger partial charge on any atom is 0.189 e. The Balaban J connectivity index is 2.27. The maximum absolute atomic E-state index is 5.75. The normalized spacial score (nSPS) is 19.4. The second-order valence-electron chi connectivity index (χ2n) is 4.14. The minimum Gasteiger partial charge on any atom is -0.370 e. The largest absolute Gasteiger partial charge is 0.370 e. The van der Waals surface area contributed by atoms with E-state index in [2.05, 4.69) is 16.9 Å². The van der Waals surface area contributed by atoms with Gasteiger partial charge in [-0.15, -0.1) is 0 Å². The topological polar surface area (TPSA) is 50.4 Å². The fraction of sp³-hybridized carbons (Fsp3) is 0.727. The van der Waals surface area contributed by atoms with Crippen LogP contribution < -0.4 is 11.1 Å². The highest BCUT2D eigenvalue weighted by atomic mass is 15.1. The molecule has 0 saturated heterocycles. The first-order chi connectivity index (χ1) is 6.68. The Kier molecular flexibility index (Phi) is 4.50. The molecule has 1 aliphatic carbocycles. The summed E-state index contributed by atoms with van der Waals surface area (Å²) in [6, 6.07) is 0.539. The van der Waals surface area contributed by atoms with Gasteiger partial charge in [-0.05, 0) is 19.8 Å². The first-order valence-corrected chi connectivity index (χ1v) is 5.39. The highest BCUT2D eigenvalue weighted by Crippen LogP contribution is 2.16. The van der Waals surface area contributed by atoms with Crippen molar-refractivity contribution >= 4 is 5.96 Å². The van der Waals surface area contributed by atoms with Crippen LogP contribution in [-0.2, 0) is 0 Å². The zero-order chi connectivity index (χ0) is 10.4. The molecule has 80 valence electrons. The van der Waals surface area contributed by atoms with E-state index in [0.717, 1.165) is 5.57 Å². The third-order valence-electron chi connectivity index (χ3n) is 2.48. The van der Waals surface area contributed by atoms with E-state index in [9.17, 15) is 0 Å². The Morgan fingerprint density at radius 1 is 1.43 bits per heavy atom. The second-order valence-corrected chi connectivity index (χ2v) is 4.14. The predicted molar refractivity (Wildman–Crippen MR) is 61.3 cm³/mol. The molecule has 0 aliphatic heterocycles. The van der Waals surface area contributed by atoms with Crippen LogP contribution in [0.5, 0.6) is 0 Å². The fourth-order valence-corrected chi connectivity index (χ4v) is 1.72. The molecule has 0 spiro atoms. The zero-order valence-electron chi connectivity index (χ0n) is 9.05. The fourth-order valence-electron chi connectivity index (χ4n) is 1.72. The molecule has 0 bridgehead atoms. The van der Waals surface area contributed by atoms with Crippen LogP contribution in [-0.4, -0.2) is 18.5 Å². The van der Waals surface area contributed by atoms with E-state index in [4.69, 9.17) is 5.73 Å². The number of hydrogen-bond acceptors (Lipinski definition) is 1. The van der Waals surface area contributed by atoms with E-state index in [1.807, 2.05) is 6.92 Å². The molecule has 3 N–H and O–H groups in total. The maximum atomic E-state index is 5.75. The van der Waals surface area contributed by atoms with E-state index in [1.54, 1.807) is 0 Å². The Hall–Kier alpha value is -0.990. The molecule has 14 heavy (non-hydrogen) atoms. The van der Waals surface area contributed by atoms with Gasteiger partial charge in [-0.25, -0.2) is 4.99 Å². The molecule has 3 nitrogen and oxygen atoms in total. The average Bonchev–Trinajstić information content (AvgIpc) is 2.16. The lowest BCUT2D eigenvalue weighted by atomic mass is 9.96. The molecule has 0 radical (unpaired) electrons. The van der Waals surface area contributed by atoms with Crippen LogP contribution in [0.1, 0.15) is 39.0 Å². The summed E-state index contributed by atoms with van der Waals surface area (Å²) in [6.07, 6.45) is 6.43. The van der Waals surface area contributed by atoms with Crippen molar-refractivity contribution in [1.29, 1.82) is 0 Å². The third kappa shape index (κ3) is 4.30. The van der Waals surface area contributed by atoms with Gasteiger partial charge in [0, 0.05) is 6.04 Å². The Morgan fingerprint density at radius 3 is 2.64 bits per heavy atom. The summed E-state index contributed by atoms with van der Waals surface area (Å²) in [7, 11) is 0. The summed E-state index contributed by atoms with van der Waals surface area (Å²) < 4.78 is 0. The van der Waals surface area contributed by atoms with Crippen LogP contribution in [0.15, 0.2) is 17.1 Å². The van der Waals surface area contributed by atoms with Crippen LogP contribution in [0.25, 0.3) is 0 Å². The van der Waals surface area contributed by atoms with Gasteiger partial charge in [0.05, 0.1) is 6.54 Å². The van der Waals surface area contributed by atoms with Crippen molar-refractivity contribution in [1.82, 2.24) is 5.32 Å². The number of rotatable bonds is 3. The van der Waals surface area contributed by atoms with Crippen LogP contribution in [0.3, 0.4) is 0 Å². The molecule has 3 heteroatoms. The summed E-state index contributed by atoms with van der Waals surface area (Å²) in [4.78, 5) is 4.20. The van der Waals surface area contributed by atoms with Crippen LogP contribution in [0, 0.1) is 0 Å². The average molecular weight is 195 g/mol. The van der Waals surface area contributed by atoms with Gasteiger partial charge in [0.2, 0.25) is 0 Å². The zero-order valence-corrected chi connectivity index (χ0v) is 9.05. The molecule has 0 aromatic heterocycles. The van der Waals surface area contributed by atoms with Gasteiger partial charge in [-0.3, -0.25) is 0 Å². The first-order valence-electron chi connectivity index (χ1n) is 5.39. The second kappa shape index (κ2) is 5.68. The first kappa shape index (κ1) is 11.1. The van der Waals surface area contributed by atoms with E-state index in [1.165, 1.54) is 32.1 Å². The van der Waals surface area contributed by atoms with Crippen molar-refractivity contribution in [2.75, 3.05) is 6.54 Å². The molecule has 0 amide bonds. The van der Waals surface area contributed by atoms with Crippen molar-refractivity contribution in [3.05, 3.63) is 12.2 Å². The summed E-state index contributed by atoms with van der Waals surface area (Å²) in [5.41, 5.74) is 6.79. The molecule has 1 fully saturated rings. The lowest BCUT2D eigenvalue weighted by molar-refractivity contribution is 0.412. The number of hydrogen-bond donors (Lipinski definition) is 2. The Bertz CT molecular complexity index is 215. The van der Waals surface area contributed by atoms with Gasteiger partial charge in [-0.1, -0.05) is 31.4 Å². The minimum absolute atomic E-state index is 0.539. The molecule has 0 heterocycles. The molecular formula is C11H21N3. The SMILES string of the molecule is C=C(C)CN=C(N)NC1CCCCC1. The molecule has 0 aromatic rings. The summed E-state index contributed by atoms with van der Waals surface area (Å²) >= 11 is 0. The number of nitrogens with two attached hydrogens (primary N) is 1. The predicted octanol–water partition coefficient (Wildman–Crippen LogP) is 1.80. The molecule has 1 rings (SSSR count). The van der Waals surface area contributed by atoms with E-state index < -0.39 is 0 Å². The van der Waals surface area contributed by atoms with Gasteiger partial charge < -0.3 is 11.1 Å². The smallest absolute Gasteiger partial charge is 0.189 e. The Morgan fingerprint density at radius 2 is 2.07 bits per heavy atom. The summed E-state index contributed by atoms with van der Waals surface area (Å²) in [5, 5.41) is 3.26. The molecule has 0 aromatic carbocycles. The van der Waals surface area contributed by atoms with Crippen molar-refractivity contribution in [3.63, 3.8) is 0 Å². The standard InChI is InChI=1S/C11H21N3/c1-9(2)8-13-11(12)14-10-6-4-3-5-7-10/h10H,1,3-8H2,2H3,(H3,12,13,14). The van der Waals surface area contributed by atoms with Gasteiger partial charge >= 0.3 is 0 Å². The highest BCUT2D eigenvalue weighted by Gasteiger charge is 2.12. The van der Waals surface area contributed by atoms with Crippen molar-refractivity contribution in [2.45, 2.75) is 45.1 Å². The number of guanidine groups is 1. The van der Waals surface area contributed by atoms with Gasteiger partial charge in [0.25, 0.3) is 0 Å². The number of nitrogens with zero attached hydrogens (tertiary/aromatic N) is 1. The monoisotopic (exact) mass is 195 g/mol. The van der Waals surface area contributed by atoms with Gasteiger partial charge in [0.1, 0.15) is 0 Å². The Labute approximate surface area is 86.5 Å². The van der Waals surface area contributed by atoms with Crippen molar-refractivity contribution < 1.29 is 0 Å². The number of nitrogens with one attached hydrogen (secondary N) is 1. The molecule has 0 atom stereocenters. The summed E-state index contributed by atoms with van der Waals surface area (Å²) in [6.45, 7) is 6.37. The van der Waals surface area contributed by atoms with E-state index in [0.29, 0.717) is 18.5 Å². The third-order valence-corrected chi connectivity index (χ3v) is 2.48. The molecule has 1 saturated carbocycles. The quantitative estimate of drug-likeness (QED) is 0.410. The van der Waals surface area contributed by atoms with E-state index >= 15 is 0 Å². The lowest BCUT2D eigenvalue weighted by Gasteiger charge is -2.23. The minimum atomic E-state index is 0.539. The summed E-state index contributed by atoms with van der Waals surface area (Å²) in [5.74, 6) is 0.569. The molecule has 1 aliphatic rings. The van der Waals surface area contributed by atoms with Crippen molar-refractivity contribution in [3.8, 4) is 0 Å². The van der Waals surface area contributed by atoms with Crippen molar-refractivity contribution in [2.24, 2.45) is 10.7 Å². The van der Waals surface area contributed by atoms with Crippen LogP contribution in [0.2, 0.25) is 0 Å². The number of aliphatic imine (C=N–C) groups is 1. The van der Waals surface area contributed by atoms with E-state index in [-0.39, 0.29) is 0 Å². The lowest BCUT2D eigenvalue weighted by Crippen LogP contribution is -2.41. The molecule has 0 unspecified atom stereocenters. The van der Waals surface area contributed by atoms with Gasteiger partial charge in [-0.2, -0.15) is 0 Å². The van der Waals surface area contributed by atoms with Crippen LogP contribution in [0.4, 0.5) is 0 Å².